The molecule has 174 valence electrons. The van der Waals surface area contributed by atoms with E-state index in [1.165, 1.54) is 11.1 Å². The van der Waals surface area contributed by atoms with Gasteiger partial charge in [-0.2, -0.15) is 0 Å². The minimum atomic E-state index is -0.190. The highest BCUT2D eigenvalue weighted by Crippen LogP contribution is 2.45. The van der Waals surface area contributed by atoms with Gasteiger partial charge in [0.15, 0.2) is 5.17 Å². The number of hydrogen-bond acceptors (Lipinski definition) is 4. The van der Waals surface area contributed by atoms with Crippen LogP contribution in [0.25, 0.3) is 0 Å². The Bertz CT molecular complexity index is 1270. The third-order valence-corrected chi connectivity index (χ3v) is 7.21. The van der Waals surface area contributed by atoms with Gasteiger partial charge in [0, 0.05) is 5.56 Å². The molecular weight excluding hydrogens is 452 g/mol. The number of hydrogen-bond donors (Lipinski definition) is 3. The molecule has 5 rings (SSSR count). The first-order valence-corrected chi connectivity index (χ1v) is 12.4. The van der Waals surface area contributed by atoms with Crippen molar-refractivity contribution >= 4 is 34.2 Å². The van der Waals surface area contributed by atoms with Crippen molar-refractivity contribution < 1.29 is 4.79 Å². The Balaban J connectivity index is 1.28. The number of nitrogens with zero attached hydrogens (tertiary/aromatic N) is 1. The number of nitrogens with one attached hydrogen (secondary N) is 2. The Morgan fingerprint density at radius 1 is 0.829 bits per heavy atom. The Morgan fingerprint density at radius 2 is 1.46 bits per heavy atom. The monoisotopic (exact) mass is 478 g/mol. The molecular formula is C29H26N4OS. The van der Waals surface area contributed by atoms with Gasteiger partial charge in [-0.3, -0.25) is 9.79 Å². The number of nitrogens with two attached hydrogens (primary N) is 1. The number of carbonyl (C=O) groups excluding carboxylic acids is 1. The summed E-state index contributed by atoms with van der Waals surface area (Å²) in [5, 5.41) is 7.65. The number of aliphatic imine (C=N–C) groups is 1. The van der Waals surface area contributed by atoms with Crippen molar-refractivity contribution in [2.75, 3.05) is 11.1 Å². The fraction of sp³-hybridized carbons (Fsp3) is 0.103. The molecule has 0 spiro atoms. The van der Waals surface area contributed by atoms with E-state index in [0.29, 0.717) is 23.5 Å². The van der Waals surface area contributed by atoms with E-state index < -0.39 is 0 Å². The number of anilines is 2. The molecule has 0 saturated carbocycles. The van der Waals surface area contributed by atoms with Crippen LogP contribution in [0.4, 0.5) is 11.4 Å². The average Bonchev–Trinajstić information content (AvgIpc) is 3.34. The van der Waals surface area contributed by atoms with Crippen LogP contribution in [-0.4, -0.2) is 11.1 Å². The number of amides is 1. The van der Waals surface area contributed by atoms with Gasteiger partial charge in [0.05, 0.1) is 29.2 Å². The van der Waals surface area contributed by atoms with Crippen LogP contribution >= 0.6 is 11.8 Å². The molecule has 1 heterocycles. The molecule has 1 amide bonds. The molecule has 35 heavy (non-hydrogen) atoms. The van der Waals surface area contributed by atoms with Gasteiger partial charge in [-0.1, -0.05) is 96.7 Å². The molecule has 1 aliphatic rings. The molecule has 4 N–H and O–H groups in total. The van der Waals surface area contributed by atoms with Crippen molar-refractivity contribution in [3.63, 3.8) is 0 Å². The summed E-state index contributed by atoms with van der Waals surface area (Å²) < 4.78 is 0. The number of para-hydroxylation sites is 2. The van der Waals surface area contributed by atoms with Gasteiger partial charge in [0.1, 0.15) is 0 Å². The Hall–Kier alpha value is -4.03. The lowest BCUT2D eigenvalue weighted by molar-refractivity contribution is 0.102. The van der Waals surface area contributed by atoms with Crippen LogP contribution in [-0.2, 0) is 6.54 Å². The predicted octanol–water partition coefficient (Wildman–Crippen LogP) is 6.20. The van der Waals surface area contributed by atoms with Gasteiger partial charge in [-0.05, 0) is 41.0 Å². The third kappa shape index (κ3) is 5.39. The molecule has 5 nitrogen and oxygen atoms in total. The maximum atomic E-state index is 12.6. The third-order valence-electron chi connectivity index (χ3n) is 5.94. The van der Waals surface area contributed by atoms with Crippen LogP contribution in [0.1, 0.15) is 38.3 Å². The second kappa shape index (κ2) is 10.5. The molecule has 4 aromatic carbocycles. The molecule has 1 aliphatic heterocycles. The predicted molar refractivity (Wildman–Crippen MR) is 145 cm³/mol. The van der Waals surface area contributed by atoms with Crippen LogP contribution in [0.3, 0.4) is 0 Å². The fourth-order valence-electron chi connectivity index (χ4n) is 4.07. The number of rotatable bonds is 6. The van der Waals surface area contributed by atoms with Crippen LogP contribution < -0.4 is 16.4 Å². The summed E-state index contributed by atoms with van der Waals surface area (Å²) in [4.78, 5) is 17.4. The molecule has 0 bridgehead atoms. The maximum absolute atomic E-state index is 12.6. The van der Waals surface area contributed by atoms with E-state index >= 15 is 0 Å². The number of nitrogen functional groups attached to an aromatic ring is 1. The lowest BCUT2D eigenvalue weighted by Crippen LogP contribution is -2.20. The van der Waals surface area contributed by atoms with Gasteiger partial charge >= 0.3 is 0 Å². The van der Waals surface area contributed by atoms with E-state index in [9.17, 15) is 4.79 Å². The molecule has 0 unspecified atom stereocenters. The lowest BCUT2D eigenvalue weighted by atomic mass is 9.98. The van der Waals surface area contributed by atoms with E-state index in [1.807, 2.05) is 48.5 Å². The normalized spacial score (nSPS) is 18.2. The van der Waals surface area contributed by atoms with Crippen molar-refractivity contribution in [3.8, 4) is 0 Å². The summed E-state index contributed by atoms with van der Waals surface area (Å²) >= 11 is 1.76. The zero-order valence-corrected chi connectivity index (χ0v) is 19.9. The summed E-state index contributed by atoms with van der Waals surface area (Å²) in [5.41, 5.74) is 11.2. The zero-order valence-electron chi connectivity index (χ0n) is 19.1. The molecule has 2 atom stereocenters. The minimum Gasteiger partial charge on any atom is -0.397 e. The van der Waals surface area contributed by atoms with Crippen LogP contribution in [0.2, 0.25) is 0 Å². The standard InChI is InChI=1S/C29H26N4OS/c30-24-13-7-8-14-25(24)32-28(34)23-17-15-20(16-18-23)19-31-29-33-26(21-9-3-1-4-10-21)27(35-29)22-11-5-2-6-12-22/h1-18,26-27H,19,30H2,(H,31,33)(H,32,34)/t26-,27-/m0/s1. The van der Waals surface area contributed by atoms with Gasteiger partial charge < -0.3 is 16.4 Å². The Morgan fingerprint density at radius 3 is 2.14 bits per heavy atom. The number of thioether (sulfide) groups is 1. The quantitative estimate of drug-likeness (QED) is 0.289. The Labute approximate surface area is 209 Å². The zero-order chi connectivity index (χ0) is 24.0. The average molecular weight is 479 g/mol. The van der Waals surface area contributed by atoms with Crippen molar-refractivity contribution in [1.29, 1.82) is 0 Å². The van der Waals surface area contributed by atoms with Gasteiger partial charge in [0.2, 0.25) is 0 Å². The van der Waals surface area contributed by atoms with E-state index in [2.05, 4.69) is 59.2 Å². The first-order valence-electron chi connectivity index (χ1n) is 11.5. The lowest BCUT2D eigenvalue weighted by Gasteiger charge is -2.18. The van der Waals surface area contributed by atoms with E-state index in [-0.39, 0.29) is 17.2 Å². The summed E-state index contributed by atoms with van der Waals surface area (Å²) in [7, 11) is 0. The van der Waals surface area contributed by atoms with Crippen molar-refractivity contribution in [2.24, 2.45) is 4.99 Å². The molecule has 6 heteroatoms. The largest absolute Gasteiger partial charge is 0.397 e. The molecule has 0 radical (unpaired) electrons. The second-order valence-electron chi connectivity index (χ2n) is 8.34. The Kier molecular flexibility index (Phi) is 6.82. The highest BCUT2D eigenvalue weighted by atomic mass is 32.2. The molecule has 1 fully saturated rings. The minimum absolute atomic E-state index is 0.152. The van der Waals surface area contributed by atoms with E-state index in [4.69, 9.17) is 10.7 Å². The van der Waals surface area contributed by atoms with Crippen molar-refractivity contribution in [3.05, 3.63) is 131 Å². The van der Waals surface area contributed by atoms with Gasteiger partial charge in [-0.25, -0.2) is 0 Å². The maximum Gasteiger partial charge on any atom is 0.255 e. The molecule has 0 aromatic heterocycles. The highest BCUT2D eigenvalue weighted by Gasteiger charge is 2.34. The van der Waals surface area contributed by atoms with E-state index in [1.54, 1.807) is 23.9 Å². The topological polar surface area (TPSA) is 79.5 Å². The molecule has 4 aromatic rings. The summed E-state index contributed by atoms with van der Waals surface area (Å²) in [5.74, 6) is -0.190. The number of amidine groups is 1. The smallest absolute Gasteiger partial charge is 0.255 e. The van der Waals surface area contributed by atoms with Gasteiger partial charge in [0.25, 0.3) is 5.91 Å². The number of benzene rings is 4. The molecule has 0 aliphatic carbocycles. The van der Waals surface area contributed by atoms with Crippen molar-refractivity contribution in [2.45, 2.75) is 17.8 Å². The van der Waals surface area contributed by atoms with Crippen LogP contribution in [0.5, 0.6) is 0 Å². The number of carbonyl (C=O) groups is 1. The SMILES string of the molecule is Nc1ccccc1NC(=O)c1ccc(CN=C2N[C@@H](c3ccccc3)[C@H](c3ccccc3)S2)cc1. The second-order valence-corrected chi connectivity index (χ2v) is 9.47. The summed E-state index contributed by atoms with van der Waals surface area (Å²) in [6.07, 6.45) is 0. The van der Waals surface area contributed by atoms with Gasteiger partial charge in [-0.15, -0.1) is 0 Å². The fourth-order valence-corrected chi connectivity index (χ4v) is 5.29. The molecule has 1 saturated heterocycles. The first kappa shape index (κ1) is 22.7. The van der Waals surface area contributed by atoms with Crippen molar-refractivity contribution in [1.82, 2.24) is 5.32 Å². The summed E-state index contributed by atoms with van der Waals surface area (Å²) in [6, 6.07) is 35.9. The highest BCUT2D eigenvalue weighted by molar-refractivity contribution is 8.14. The summed E-state index contributed by atoms with van der Waals surface area (Å²) in [6.45, 7) is 0.534. The van der Waals surface area contributed by atoms with Crippen LogP contribution in [0.15, 0.2) is 114 Å². The first-order chi connectivity index (χ1) is 17.2. The van der Waals surface area contributed by atoms with Crippen LogP contribution in [0, 0.1) is 0 Å². The van der Waals surface area contributed by atoms with E-state index in [0.717, 1.165) is 10.7 Å².